The minimum Gasteiger partial charge on any atom is -0.368 e. The van der Waals surface area contributed by atoms with E-state index in [-0.39, 0.29) is 11.7 Å². The smallest absolute Gasteiger partial charge is 0.232 e. The van der Waals surface area contributed by atoms with Gasteiger partial charge in [-0.3, -0.25) is 4.72 Å². The van der Waals surface area contributed by atoms with Crippen LogP contribution < -0.4 is 15.4 Å². The molecule has 184 valence electrons. The second kappa shape index (κ2) is 9.83. The standard InChI is InChI=1S/C26H32N6O2S/c1-31-13-15-32(16-14-31)25-23-11-9-20-18-21(10-12-22(20)24(23)28-26(27)29-25)30-35(33,34)17-5-8-19-6-3-2-4-7-19/h2-4,6-7,10,12,18,30H,5,8-9,11,13-17H2,1H3,(H2,27,28,29). The first-order valence-corrected chi connectivity index (χ1v) is 13.8. The number of likely N-dealkylation sites (N-methyl/N-ethyl adjacent to an activating group) is 1. The molecule has 2 aromatic carbocycles. The fourth-order valence-electron chi connectivity index (χ4n) is 4.92. The molecule has 2 heterocycles. The van der Waals surface area contributed by atoms with Crippen LogP contribution in [0, 0.1) is 0 Å². The van der Waals surface area contributed by atoms with E-state index in [0.29, 0.717) is 12.1 Å². The Kier molecular flexibility index (Phi) is 6.62. The molecule has 3 N–H and O–H groups in total. The largest absolute Gasteiger partial charge is 0.368 e. The zero-order chi connectivity index (χ0) is 24.4. The van der Waals surface area contributed by atoms with Crippen LogP contribution in [-0.4, -0.2) is 62.3 Å². The minimum absolute atomic E-state index is 0.0833. The van der Waals surface area contributed by atoms with Gasteiger partial charge in [-0.2, -0.15) is 4.98 Å². The number of aromatic nitrogens is 2. The first-order chi connectivity index (χ1) is 16.9. The average Bonchev–Trinajstić information content (AvgIpc) is 2.84. The number of nitrogens with zero attached hydrogens (tertiary/aromatic N) is 4. The molecule has 1 aliphatic heterocycles. The Bertz CT molecular complexity index is 1300. The minimum atomic E-state index is -3.43. The van der Waals surface area contributed by atoms with E-state index in [9.17, 15) is 8.42 Å². The van der Waals surface area contributed by atoms with E-state index in [1.54, 1.807) is 0 Å². The molecule has 0 saturated carbocycles. The average molecular weight is 493 g/mol. The van der Waals surface area contributed by atoms with Crippen molar-refractivity contribution in [3.8, 4) is 11.3 Å². The van der Waals surface area contributed by atoms with E-state index < -0.39 is 10.0 Å². The van der Waals surface area contributed by atoms with Gasteiger partial charge in [0.2, 0.25) is 16.0 Å². The molecule has 3 aromatic rings. The maximum atomic E-state index is 12.7. The highest BCUT2D eigenvalue weighted by molar-refractivity contribution is 7.92. The predicted molar refractivity (Wildman–Crippen MR) is 141 cm³/mol. The molecule has 1 fully saturated rings. The van der Waals surface area contributed by atoms with E-state index in [0.717, 1.165) is 79.2 Å². The van der Waals surface area contributed by atoms with Crippen molar-refractivity contribution in [1.82, 2.24) is 14.9 Å². The fourth-order valence-corrected chi connectivity index (χ4v) is 6.03. The SMILES string of the molecule is CN1CCN(c2nc(N)nc3c2CCc2cc(NS(=O)(=O)CCCc4ccccc4)ccc2-3)CC1. The van der Waals surface area contributed by atoms with Gasteiger partial charge in [0, 0.05) is 43.0 Å². The van der Waals surface area contributed by atoms with Gasteiger partial charge in [0.1, 0.15) is 5.82 Å². The number of nitrogens with two attached hydrogens (primary N) is 1. The zero-order valence-electron chi connectivity index (χ0n) is 20.1. The van der Waals surface area contributed by atoms with E-state index >= 15 is 0 Å². The monoisotopic (exact) mass is 492 g/mol. The van der Waals surface area contributed by atoms with Crippen molar-refractivity contribution in [3.63, 3.8) is 0 Å². The Labute approximate surface area is 207 Å². The van der Waals surface area contributed by atoms with Crippen LogP contribution in [0.2, 0.25) is 0 Å². The molecule has 1 saturated heterocycles. The van der Waals surface area contributed by atoms with Crippen molar-refractivity contribution < 1.29 is 8.42 Å². The molecule has 0 unspecified atom stereocenters. The molecule has 0 amide bonds. The summed E-state index contributed by atoms with van der Waals surface area (Å²) in [6.45, 7) is 3.81. The highest BCUT2D eigenvalue weighted by Crippen LogP contribution is 2.38. The summed E-state index contributed by atoms with van der Waals surface area (Å²) in [5, 5.41) is 0. The first kappa shape index (κ1) is 23.6. The Hall–Kier alpha value is -3.17. The lowest BCUT2D eigenvalue weighted by Crippen LogP contribution is -2.45. The predicted octanol–water partition coefficient (Wildman–Crippen LogP) is 2.95. The molecule has 0 spiro atoms. The summed E-state index contributed by atoms with van der Waals surface area (Å²) in [6.07, 6.45) is 2.92. The van der Waals surface area contributed by atoms with Crippen LogP contribution in [0.5, 0.6) is 0 Å². The summed E-state index contributed by atoms with van der Waals surface area (Å²) >= 11 is 0. The van der Waals surface area contributed by atoms with Crippen LogP contribution >= 0.6 is 0 Å². The van der Waals surface area contributed by atoms with Crippen molar-refractivity contribution in [2.24, 2.45) is 0 Å². The number of hydrogen-bond acceptors (Lipinski definition) is 7. The maximum absolute atomic E-state index is 12.7. The molecular weight excluding hydrogens is 460 g/mol. The highest BCUT2D eigenvalue weighted by Gasteiger charge is 2.26. The molecular formula is C26H32N6O2S. The molecule has 2 aliphatic rings. The van der Waals surface area contributed by atoms with Crippen LogP contribution in [0.1, 0.15) is 23.1 Å². The molecule has 9 heteroatoms. The molecule has 5 rings (SSSR count). The number of benzene rings is 2. The molecule has 0 atom stereocenters. The summed E-state index contributed by atoms with van der Waals surface area (Å²) in [5.74, 6) is 1.29. The van der Waals surface area contributed by atoms with E-state index in [4.69, 9.17) is 5.73 Å². The number of fused-ring (bicyclic) bond motifs is 3. The Morgan fingerprint density at radius 2 is 1.77 bits per heavy atom. The quantitative estimate of drug-likeness (QED) is 0.522. The normalized spacial score (nSPS) is 16.0. The van der Waals surface area contributed by atoms with Gasteiger partial charge in [0.25, 0.3) is 0 Å². The Balaban J connectivity index is 1.32. The van der Waals surface area contributed by atoms with Crippen LogP contribution in [0.3, 0.4) is 0 Å². The van der Waals surface area contributed by atoms with Crippen molar-refractivity contribution in [2.75, 3.05) is 54.3 Å². The number of piperazine rings is 1. The number of sulfonamides is 1. The van der Waals surface area contributed by atoms with Gasteiger partial charge < -0.3 is 15.5 Å². The lowest BCUT2D eigenvalue weighted by Gasteiger charge is -2.35. The number of rotatable bonds is 7. The Morgan fingerprint density at radius 1 is 1.00 bits per heavy atom. The molecule has 0 radical (unpaired) electrons. The number of aryl methyl sites for hydroxylation is 2. The number of hydrogen-bond donors (Lipinski definition) is 2. The molecule has 0 bridgehead atoms. The van der Waals surface area contributed by atoms with Gasteiger partial charge in [-0.25, -0.2) is 13.4 Å². The van der Waals surface area contributed by atoms with Gasteiger partial charge in [0.05, 0.1) is 11.4 Å². The van der Waals surface area contributed by atoms with E-state index in [1.807, 2.05) is 48.5 Å². The van der Waals surface area contributed by atoms with Gasteiger partial charge in [-0.15, -0.1) is 0 Å². The fraction of sp³-hybridized carbons (Fsp3) is 0.385. The third-order valence-corrected chi connectivity index (χ3v) is 8.18. The first-order valence-electron chi connectivity index (χ1n) is 12.2. The lowest BCUT2D eigenvalue weighted by molar-refractivity contribution is 0.312. The maximum Gasteiger partial charge on any atom is 0.232 e. The number of nitrogen functional groups attached to an aromatic ring is 1. The van der Waals surface area contributed by atoms with Crippen LogP contribution in [0.25, 0.3) is 11.3 Å². The zero-order valence-corrected chi connectivity index (χ0v) is 20.9. The Morgan fingerprint density at radius 3 is 2.54 bits per heavy atom. The second-order valence-corrected chi connectivity index (χ2v) is 11.2. The van der Waals surface area contributed by atoms with Crippen molar-refractivity contribution >= 4 is 27.5 Å². The highest BCUT2D eigenvalue weighted by atomic mass is 32.2. The summed E-state index contributed by atoms with van der Waals surface area (Å²) in [4.78, 5) is 13.8. The number of anilines is 3. The van der Waals surface area contributed by atoms with Crippen LogP contribution in [0.15, 0.2) is 48.5 Å². The van der Waals surface area contributed by atoms with E-state index in [1.165, 1.54) is 0 Å². The van der Waals surface area contributed by atoms with Crippen molar-refractivity contribution in [1.29, 1.82) is 0 Å². The molecule has 1 aromatic heterocycles. The van der Waals surface area contributed by atoms with Crippen molar-refractivity contribution in [3.05, 3.63) is 65.2 Å². The summed E-state index contributed by atoms with van der Waals surface area (Å²) in [7, 11) is -1.30. The van der Waals surface area contributed by atoms with E-state index in [2.05, 4.69) is 31.5 Å². The van der Waals surface area contributed by atoms with Crippen LogP contribution in [0.4, 0.5) is 17.5 Å². The van der Waals surface area contributed by atoms with Gasteiger partial charge in [-0.05, 0) is 56.0 Å². The summed E-state index contributed by atoms with van der Waals surface area (Å²) in [6, 6.07) is 15.6. The van der Waals surface area contributed by atoms with Gasteiger partial charge in [0.15, 0.2) is 0 Å². The van der Waals surface area contributed by atoms with Gasteiger partial charge >= 0.3 is 0 Å². The lowest BCUT2D eigenvalue weighted by atomic mass is 9.88. The molecule has 8 nitrogen and oxygen atoms in total. The third-order valence-electron chi connectivity index (χ3n) is 6.80. The topological polar surface area (TPSA) is 104 Å². The molecule has 35 heavy (non-hydrogen) atoms. The summed E-state index contributed by atoms with van der Waals surface area (Å²) in [5.41, 5.74) is 11.9. The van der Waals surface area contributed by atoms with Gasteiger partial charge in [-0.1, -0.05) is 36.4 Å². The third kappa shape index (κ3) is 5.41. The summed E-state index contributed by atoms with van der Waals surface area (Å²) < 4.78 is 28.1. The second-order valence-electron chi connectivity index (χ2n) is 9.40. The molecule has 1 aliphatic carbocycles. The number of nitrogens with one attached hydrogen (secondary N) is 1. The van der Waals surface area contributed by atoms with Crippen molar-refractivity contribution in [2.45, 2.75) is 25.7 Å². The van der Waals surface area contributed by atoms with Crippen LogP contribution in [-0.2, 0) is 29.3 Å².